The number of ether oxygens (including phenoxy) is 1. The molecule has 74 valence electrons. The van der Waals surface area contributed by atoms with Gasteiger partial charge in [0, 0.05) is 10.7 Å². The first-order chi connectivity index (χ1) is 6.75. The van der Waals surface area contributed by atoms with Gasteiger partial charge >= 0.3 is 5.97 Å². The molecule has 0 amide bonds. The molecule has 2 rings (SSSR count). The lowest BCUT2D eigenvalue weighted by molar-refractivity contribution is -0.142. The highest BCUT2D eigenvalue weighted by Crippen LogP contribution is 2.53. The quantitative estimate of drug-likeness (QED) is 0.599. The van der Waals surface area contributed by atoms with Crippen molar-refractivity contribution in [1.29, 1.82) is 0 Å². The van der Waals surface area contributed by atoms with Gasteiger partial charge in [0.2, 0.25) is 0 Å². The van der Waals surface area contributed by atoms with Crippen molar-refractivity contribution in [3.63, 3.8) is 0 Å². The highest BCUT2D eigenvalue weighted by molar-refractivity contribution is 9.09. The van der Waals surface area contributed by atoms with Crippen LogP contribution in [-0.2, 0) is 9.53 Å². The molecule has 1 aromatic rings. The van der Waals surface area contributed by atoms with Gasteiger partial charge in [-0.25, -0.2) is 0 Å². The Morgan fingerprint density at radius 1 is 1.36 bits per heavy atom. The molecule has 0 bridgehead atoms. The van der Waals surface area contributed by atoms with Gasteiger partial charge in [0.1, 0.15) is 0 Å². The summed E-state index contributed by atoms with van der Waals surface area (Å²) in [7, 11) is 1.43. The lowest BCUT2D eigenvalue weighted by atomic mass is 10.1. The summed E-state index contributed by atoms with van der Waals surface area (Å²) in [4.78, 5) is 11.5. The van der Waals surface area contributed by atoms with Crippen molar-refractivity contribution < 1.29 is 9.53 Å². The zero-order valence-corrected chi connectivity index (χ0v) is 9.40. The zero-order valence-electron chi connectivity index (χ0n) is 7.81. The molecule has 3 heteroatoms. The molecule has 1 saturated carbocycles. The zero-order chi connectivity index (χ0) is 10.1. The summed E-state index contributed by atoms with van der Waals surface area (Å²) < 4.78 is 4.73. The molecular weight excluding hydrogens is 244 g/mol. The second-order valence-corrected chi connectivity index (χ2v) is 4.49. The molecule has 0 N–H and O–H groups in total. The van der Waals surface area contributed by atoms with Gasteiger partial charge in [-0.05, 0) is 5.56 Å². The van der Waals surface area contributed by atoms with E-state index in [1.165, 1.54) is 12.7 Å². The Kier molecular flexibility index (Phi) is 2.59. The number of hydrogen-bond acceptors (Lipinski definition) is 2. The number of methoxy groups -OCH3 is 1. The summed E-state index contributed by atoms with van der Waals surface area (Å²) in [5.74, 6) is 0.145. The summed E-state index contributed by atoms with van der Waals surface area (Å²) in [6.07, 6.45) is 0. The van der Waals surface area contributed by atoms with Crippen LogP contribution in [-0.4, -0.2) is 17.9 Å². The van der Waals surface area contributed by atoms with Crippen LogP contribution in [0.25, 0.3) is 0 Å². The first kappa shape index (κ1) is 9.71. The van der Waals surface area contributed by atoms with Gasteiger partial charge in [0.05, 0.1) is 13.0 Å². The highest BCUT2D eigenvalue weighted by Gasteiger charge is 2.54. The number of halogens is 1. The minimum atomic E-state index is -0.124. The minimum Gasteiger partial charge on any atom is -0.469 e. The predicted molar refractivity (Wildman–Crippen MR) is 57.4 cm³/mol. The molecule has 0 unspecified atom stereocenters. The molecule has 1 aromatic carbocycles. The van der Waals surface area contributed by atoms with Gasteiger partial charge in [-0.1, -0.05) is 46.3 Å². The summed E-state index contributed by atoms with van der Waals surface area (Å²) in [5.41, 5.74) is 1.20. The largest absolute Gasteiger partial charge is 0.469 e. The van der Waals surface area contributed by atoms with E-state index in [1.54, 1.807) is 0 Å². The average molecular weight is 255 g/mol. The predicted octanol–water partition coefficient (Wildman–Crippen LogP) is 2.34. The molecule has 1 aliphatic rings. The number of carbonyl (C=O) groups is 1. The molecule has 14 heavy (non-hydrogen) atoms. The molecule has 1 aliphatic carbocycles. The van der Waals surface area contributed by atoms with Crippen LogP contribution in [0.1, 0.15) is 11.5 Å². The van der Waals surface area contributed by atoms with Crippen LogP contribution in [0.15, 0.2) is 30.3 Å². The lowest BCUT2D eigenvalue weighted by Crippen LogP contribution is -2.04. The van der Waals surface area contributed by atoms with Crippen molar-refractivity contribution in [1.82, 2.24) is 0 Å². The van der Waals surface area contributed by atoms with Crippen LogP contribution in [0.5, 0.6) is 0 Å². The van der Waals surface area contributed by atoms with Crippen LogP contribution in [0.2, 0.25) is 0 Å². The van der Waals surface area contributed by atoms with Crippen LogP contribution in [0, 0.1) is 5.92 Å². The van der Waals surface area contributed by atoms with Gasteiger partial charge in [-0.3, -0.25) is 4.79 Å². The van der Waals surface area contributed by atoms with Crippen molar-refractivity contribution >= 4 is 21.9 Å². The number of hydrogen-bond donors (Lipinski definition) is 0. The first-order valence-corrected chi connectivity index (χ1v) is 5.44. The smallest absolute Gasteiger partial charge is 0.310 e. The van der Waals surface area contributed by atoms with Gasteiger partial charge in [0.25, 0.3) is 0 Å². The molecule has 1 fully saturated rings. The van der Waals surface area contributed by atoms with Gasteiger partial charge in [0.15, 0.2) is 0 Å². The molecule has 0 aromatic heterocycles. The highest BCUT2D eigenvalue weighted by atomic mass is 79.9. The Hall–Kier alpha value is -0.830. The Morgan fingerprint density at radius 2 is 2.00 bits per heavy atom. The normalized spacial score (nSPS) is 29.7. The summed E-state index contributed by atoms with van der Waals surface area (Å²) >= 11 is 3.49. The SMILES string of the molecule is COC(=O)[C@H]1[C@@H](Br)[C@H]1c1ccccc1. The maximum Gasteiger partial charge on any atom is 0.310 e. The third-order valence-corrected chi connectivity index (χ3v) is 3.73. The van der Waals surface area contributed by atoms with Gasteiger partial charge in [-0.2, -0.15) is 0 Å². The van der Waals surface area contributed by atoms with Crippen LogP contribution >= 0.6 is 15.9 Å². The fourth-order valence-electron chi connectivity index (χ4n) is 1.75. The molecular formula is C11H11BrO2. The molecule has 0 saturated heterocycles. The maximum atomic E-state index is 11.3. The van der Waals surface area contributed by atoms with E-state index in [1.807, 2.05) is 30.3 Å². The Bertz CT molecular complexity index is 336. The monoisotopic (exact) mass is 254 g/mol. The van der Waals surface area contributed by atoms with E-state index in [4.69, 9.17) is 4.74 Å². The average Bonchev–Trinajstić information content (AvgIpc) is 2.90. The van der Waals surface area contributed by atoms with Crippen molar-refractivity contribution in [2.24, 2.45) is 5.92 Å². The van der Waals surface area contributed by atoms with E-state index < -0.39 is 0 Å². The molecule has 3 atom stereocenters. The first-order valence-electron chi connectivity index (χ1n) is 4.52. The van der Waals surface area contributed by atoms with E-state index in [0.717, 1.165) is 0 Å². The summed E-state index contributed by atoms with van der Waals surface area (Å²) in [6.45, 7) is 0. The topological polar surface area (TPSA) is 26.3 Å². The Balaban J connectivity index is 2.13. The second-order valence-electron chi connectivity index (χ2n) is 3.43. The maximum absolute atomic E-state index is 11.3. The molecule has 0 heterocycles. The number of alkyl halides is 1. The Labute approximate surface area is 91.4 Å². The van der Waals surface area contributed by atoms with Crippen LogP contribution < -0.4 is 0 Å². The molecule has 0 spiro atoms. The van der Waals surface area contributed by atoms with Crippen molar-refractivity contribution in [2.75, 3.05) is 7.11 Å². The molecule has 0 radical (unpaired) electrons. The van der Waals surface area contributed by atoms with E-state index in [-0.39, 0.29) is 22.6 Å². The number of carbonyl (C=O) groups excluding carboxylic acids is 1. The van der Waals surface area contributed by atoms with E-state index in [2.05, 4.69) is 15.9 Å². The fraction of sp³-hybridized carbons (Fsp3) is 0.364. The second kappa shape index (κ2) is 3.73. The lowest BCUT2D eigenvalue weighted by Gasteiger charge is -1.97. The summed E-state index contributed by atoms with van der Waals surface area (Å²) in [6, 6.07) is 10.0. The number of esters is 1. The standard InChI is InChI=1S/C11H11BrO2/c1-14-11(13)9-8(10(9)12)7-5-3-2-4-6-7/h2-6,8-10H,1H3/t8-,9+,10-/m0/s1. The van der Waals surface area contributed by atoms with Crippen molar-refractivity contribution in [2.45, 2.75) is 10.7 Å². The third kappa shape index (κ3) is 1.57. The number of rotatable bonds is 2. The van der Waals surface area contributed by atoms with Gasteiger partial charge < -0.3 is 4.74 Å². The van der Waals surface area contributed by atoms with Gasteiger partial charge in [-0.15, -0.1) is 0 Å². The summed E-state index contributed by atoms with van der Waals surface area (Å²) in [5, 5.41) is 0. The van der Waals surface area contributed by atoms with E-state index in [9.17, 15) is 4.79 Å². The molecule has 2 nitrogen and oxygen atoms in total. The van der Waals surface area contributed by atoms with Crippen LogP contribution in [0.3, 0.4) is 0 Å². The number of benzene rings is 1. The molecule has 0 aliphatic heterocycles. The van der Waals surface area contributed by atoms with E-state index in [0.29, 0.717) is 0 Å². The van der Waals surface area contributed by atoms with Crippen molar-refractivity contribution in [3.8, 4) is 0 Å². The third-order valence-electron chi connectivity index (χ3n) is 2.59. The van der Waals surface area contributed by atoms with E-state index >= 15 is 0 Å². The Morgan fingerprint density at radius 3 is 2.57 bits per heavy atom. The minimum absolute atomic E-state index is 0.0117. The van der Waals surface area contributed by atoms with Crippen LogP contribution in [0.4, 0.5) is 0 Å². The van der Waals surface area contributed by atoms with Crippen molar-refractivity contribution in [3.05, 3.63) is 35.9 Å². The fourth-order valence-corrected chi connectivity index (χ4v) is 2.76.